The summed E-state index contributed by atoms with van der Waals surface area (Å²) >= 11 is 0. The lowest BCUT2D eigenvalue weighted by molar-refractivity contribution is -0.150. The van der Waals surface area contributed by atoms with E-state index in [2.05, 4.69) is 26.1 Å². The van der Waals surface area contributed by atoms with Crippen molar-refractivity contribution in [1.29, 1.82) is 0 Å². The minimum absolute atomic E-state index is 0.0673. The maximum Gasteiger partial charge on any atom is 0.164 e. The summed E-state index contributed by atoms with van der Waals surface area (Å²) in [6, 6.07) is 6.72. The molecular weight excluding hydrogens is 257 g/mol. The molecule has 2 heterocycles. The van der Waals surface area contributed by atoms with Crippen LogP contribution in [0.2, 0.25) is 0 Å². The summed E-state index contributed by atoms with van der Waals surface area (Å²) in [5.74, 6) is -0.225. The summed E-state index contributed by atoms with van der Waals surface area (Å²) in [6.07, 6.45) is 0.464. The first-order valence-electron chi connectivity index (χ1n) is 7.22. The van der Waals surface area contributed by atoms with Gasteiger partial charge in [-0.15, -0.1) is 0 Å². The Morgan fingerprint density at radius 3 is 2.85 bits per heavy atom. The van der Waals surface area contributed by atoms with Gasteiger partial charge in [0.15, 0.2) is 6.29 Å². The van der Waals surface area contributed by atoms with Gasteiger partial charge in [-0.25, -0.2) is 4.39 Å². The van der Waals surface area contributed by atoms with Gasteiger partial charge in [-0.1, -0.05) is 32.9 Å². The highest BCUT2D eigenvalue weighted by Gasteiger charge is 2.54. The molecule has 0 amide bonds. The van der Waals surface area contributed by atoms with E-state index in [9.17, 15) is 4.39 Å². The third kappa shape index (κ3) is 2.26. The summed E-state index contributed by atoms with van der Waals surface area (Å²) in [5, 5.41) is 3.34. The number of ether oxygens (including phenoxy) is 2. The van der Waals surface area contributed by atoms with E-state index in [1.165, 1.54) is 6.07 Å². The topological polar surface area (TPSA) is 30.5 Å². The average molecular weight is 279 g/mol. The average Bonchev–Trinajstić information content (AvgIpc) is 2.79. The number of hydrogen-bond donors (Lipinski definition) is 1. The molecule has 20 heavy (non-hydrogen) atoms. The molecule has 4 heteroatoms. The fraction of sp³-hybridized carbons (Fsp3) is 0.625. The van der Waals surface area contributed by atoms with Gasteiger partial charge in [-0.3, -0.25) is 0 Å². The van der Waals surface area contributed by atoms with E-state index in [-0.39, 0.29) is 23.6 Å². The van der Waals surface area contributed by atoms with Crippen LogP contribution in [0.1, 0.15) is 32.8 Å². The fourth-order valence-electron chi connectivity index (χ4n) is 3.02. The van der Waals surface area contributed by atoms with Crippen LogP contribution in [-0.2, 0) is 15.1 Å². The molecule has 0 aromatic heterocycles. The molecule has 1 aromatic rings. The molecule has 1 aromatic carbocycles. The van der Waals surface area contributed by atoms with E-state index in [1.807, 2.05) is 6.07 Å². The van der Waals surface area contributed by atoms with Crippen LogP contribution in [0, 0.1) is 11.2 Å². The predicted molar refractivity (Wildman–Crippen MR) is 74.8 cm³/mol. The maximum absolute atomic E-state index is 13.6. The third-order valence-electron chi connectivity index (χ3n) is 4.15. The number of fused-ring (bicyclic) bond motifs is 1. The normalized spacial score (nSPS) is 34.0. The van der Waals surface area contributed by atoms with Crippen molar-refractivity contribution in [2.45, 2.75) is 45.2 Å². The zero-order valence-corrected chi connectivity index (χ0v) is 12.3. The largest absolute Gasteiger partial charge is 0.344 e. The van der Waals surface area contributed by atoms with Crippen molar-refractivity contribution in [1.82, 2.24) is 5.32 Å². The van der Waals surface area contributed by atoms with Crippen LogP contribution < -0.4 is 5.32 Å². The van der Waals surface area contributed by atoms with Crippen molar-refractivity contribution in [2.75, 3.05) is 13.1 Å². The standard InChI is InChI=1S/C16H22FNO2/c1-15(2,3)14-19-13-10-18-8-7-16(13,20-14)11-5-4-6-12(17)9-11/h4-6,9,13-14,18H,7-8,10H2,1-3H3/t13-,14?,16-/m1/s1. The van der Waals surface area contributed by atoms with Crippen molar-refractivity contribution in [3.05, 3.63) is 35.6 Å². The molecule has 1 N–H and O–H groups in total. The Hall–Kier alpha value is -0.970. The van der Waals surface area contributed by atoms with E-state index < -0.39 is 5.60 Å². The summed E-state index contributed by atoms with van der Waals surface area (Å²) in [6.45, 7) is 7.89. The van der Waals surface area contributed by atoms with Crippen LogP contribution >= 0.6 is 0 Å². The Bertz CT molecular complexity index is 499. The Kier molecular flexibility index (Phi) is 3.35. The quantitative estimate of drug-likeness (QED) is 0.857. The summed E-state index contributed by atoms with van der Waals surface area (Å²) in [5.41, 5.74) is 0.263. The highest BCUT2D eigenvalue weighted by molar-refractivity contribution is 5.27. The van der Waals surface area contributed by atoms with Crippen molar-refractivity contribution in [3.8, 4) is 0 Å². The lowest BCUT2D eigenvalue weighted by atomic mass is 9.83. The molecule has 3 rings (SSSR count). The Morgan fingerprint density at radius 2 is 2.15 bits per heavy atom. The molecule has 3 nitrogen and oxygen atoms in total. The summed E-state index contributed by atoms with van der Waals surface area (Å²) in [7, 11) is 0. The second-order valence-corrected chi connectivity index (χ2v) is 6.79. The second kappa shape index (κ2) is 4.79. The fourth-order valence-corrected chi connectivity index (χ4v) is 3.02. The molecule has 2 saturated heterocycles. The van der Waals surface area contributed by atoms with Crippen molar-refractivity contribution in [3.63, 3.8) is 0 Å². The van der Waals surface area contributed by atoms with Gasteiger partial charge in [0.05, 0.1) is 0 Å². The molecule has 3 atom stereocenters. The molecule has 0 radical (unpaired) electrons. The molecule has 2 aliphatic rings. The molecule has 0 spiro atoms. The van der Waals surface area contributed by atoms with Gasteiger partial charge in [0.25, 0.3) is 0 Å². The molecule has 0 saturated carbocycles. The first kappa shape index (κ1) is 14.0. The van der Waals surface area contributed by atoms with Gasteiger partial charge in [0.1, 0.15) is 17.5 Å². The van der Waals surface area contributed by atoms with E-state index in [0.717, 1.165) is 25.1 Å². The maximum atomic E-state index is 13.6. The number of benzene rings is 1. The van der Waals surface area contributed by atoms with Crippen LogP contribution in [0.3, 0.4) is 0 Å². The van der Waals surface area contributed by atoms with Gasteiger partial charge in [-0.2, -0.15) is 0 Å². The lowest BCUT2D eigenvalue weighted by Crippen LogP contribution is -2.50. The van der Waals surface area contributed by atoms with Crippen LogP contribution in [0.5, 0.6) is 0 Å². The van der Waals surface area contributed by atoms with Crippen LogP contribution in [-0.4, -0.2) is 25.5 Å². The first-order chi connectivity index (χ1) is 9.42. The predicted octanol–water partition coefficient (Wildman–Crippen LogP) is 2.80. The monoisotopic (exact) mass is 279 g/mol. The van der Waals surface area contributed by atoms with Gasteiger partial charge in [-0.05, 0) is 30.7 Å². The third-order valence-corrected chi connectivity index (χ3v) is 4.15. The molecule has 1 unspecified atom stereocenters. The Labute approximate surface area is 119 Å². The summed E-state index contributed by atoms with van der Waals surface area (Å²) in [4.78, 5) is 0. The molecule has 0 bridgehead atoms. The van der Waals surface area contributed by atoms with Crippen molar-refractivity contribution >= 4 is 0 Å². The smallest absolute Gasteiger partial charge is 0.164 e. The Balaban J connectivity index is 1.99. The van der Waals surface area contributed by atoms with Gasteiger partial charge in [0.2, 0.25) is 0 Å². The SMILES string of the molecule is CC(C)(C)C1O[C@@H]2CNCC[C@]2(c2cccc(F)c2)O1. The zero-order chi connectivity index (χ0) is 14.4. The van der Waals surface area contributed by atoms with Gasteiger partial charge in [0, 0.05) is 12.0 Å². The number of halogens is 1. The van der Waals surface area contributed by atoms with Crippen molar-refractivity contribution in [2.24, 2.45) is 5.41 Å². The summed E-state index contributed by atoms with van der Waals surface area (Å²) < 4.78 is 26.0. The van der Waals surface area contributed by atoms with Crippen LogP contribution in [0.4, 0.5) is 4.39 Å². The lowest BCUT2D eigenvalue weighted by Gasteiger charge is -2.37. The highest BCUT2D eigenvalue weighted by Crippen LogP contribution is 2.47. The van der Waals surface area contributed by atoms with E-state index >= 15 is 0 Å². The molecule has 2 aliphatic heterocycles. The second-order valence-electron chi connectivity index (χ2n) is 6.79. The first-order valence-corrected chi connectivity index (χ1v) is 7.22. The number of piperidine rings is 1. The van der Waals surface area contributed by atoms with Gasteiger partial charge < -0.3 is 14.8 Å². The minimum atomic E-state index is -0.523. The minimum Gasteiger partial charge on any atom is -0.344 e. The zero-order valence-electron chi connectivity index (χ0n) is 12.3. The number of rotatable bonds is 1. The van der Waals surface area contributed by atoms with E-state index in [4.69, 9.17) is 9.47 Å². The molecular formula is C16H22FNO2. The van der Waals surface area contributed by atoms with Crippen LogP contribution in [0.15, 0.2) is 24.3 Å². The van der Waals surface area contributed by atoms with E-state index in [0.29, 0.717) is 0 Å². The number of nitrogens with one attached hydrogen (secondary N) is 1. The molecule has 0 aliphatic carbocycles. The Morgan fingerprint density at radius 1 is 1.35 bits per heavy atom. The van der Waals surface area contributed by atoms with Gasteiger partial charge >= 0.3 is 0 Å². The van der Waals surface area contributed by atoms with Crippen molar-refractivity contribution < 1.29 is 13.9 Å². The molecule has 2 fully saturated rings. The van der Waals surface area contributed by atoms with Crippen LogP contribution in [0.25, 0.3) is 0 Å². The highest BCUT2D eigenvalue weighted by atomic mass is 19.1. The molecule has 110 valence electrons. The van der Waals surface area contributed by atoms with E-state index in [1.54, 1.807) is 12.1 Å². The number of hydrogen-bond acceptors (Lipinski definition) is 3.